The first-order valence-corrected chi connectivity index (χ1v) is 10.5. The second-order valence-corrected chi connectivity index (χ2v) is 8.65. The van der Waals surface area contributed by atoms with Gasteiger partial charge in [0.1, 0.15) is 0 Å². The van der Waals surface area contributed by atoms with Crippen LogP contribution in [-0.4, -0.2) is 61.9 Å². The molecule has 1 aromatic rings. The smallest absolute Gasteiger partial charge is 0.253 e. The second-order valence-electron chi connectivity index (χ2n) is 6.71. The van der Waals surface area contributed by atoms with Crippen LogP contribution in [-0.2, 0) is 14.8 Å². The Morgan fingerprint density at radius 2 is 1.61 bits per heavy atom. The zero-order chi connectivity index (χ0) is 20.7. The number of benzene rings is 1. The third-order valence-corrected chi connectivity index (χ3v) is 6.25. The van der Waals surface area contributed by atoms with Gasteiger partial charge in [0, 0.05) is 31.7 Å². The lowest BCUT2D eigenvalue weighted by atomic mass is 10.2. The Morgan fingerprint density at radius 3 is 2.07 bits per heavy atom. The number of carbonyl (C=O) groups is 1. The third kappa shape index (κ3) is 5.29. The molecule has 1 fully saturated rings. The van der Waals surface area contributed by atoms with Crippen LogP contribution in [0.3, 0.4) is 0 Å². The Balaban J connectivity index is 2.18. The number of nitriles is 2. The number of rotatable bonds is 7. The number of hydrogen-bond acceptors (Lipinski definition) is 6. The summed E-state index contributed by atoms with van der Waals surface area (Å²) >= 11 is 0. The molecular formula is C19H24N4O4S. The lowest BCUT2D eigenvalue weighted by molar-refractivity contribution is -0.0440. The van der Waals surface area contributed by atoms with Gasteiger partial charge in [0.25, 0.3) is 5.91 Å². The molecule has 1 aliphatic heterocycles. The first kappa shape index (κ1) is 21.8. The minimum atomic E-state index is -3.68. The van der Waals surface area contributed by atoms with Crippen molar-refractivity contribution in [3.8, 4) is 12.1 Å². The van der Waals surface area contributed by atoms with E-state index >= 15 is 0 Å². The van der Waals surface area contributed by atoms with Crippen molar-refractivity contribution in [2.45, 2.75) is 43.8 Å². The highest BCUT2D eigenvalue weighted by Gasteiger charge is 2.32. The fraction of sp³-hybridized carbons (Fsp3) is 0.526. The van der Waals surface area contributed by atoms with E-state index in [1.165, 1.54) is 33.5 Å². The summed E-state index contributed by atoms with van der Waals surface area (Å²) in [6, 6.07) is 9.73. The zero-order valence-corrected chi connectivity index (χ0v) is 16.9. The van der Waals surface area contributed by atoms with Crippen LogP contribution >= 0.6 is 0 Å². The van der Waals surface area contributed by atoms with E-state index in [9.17, 15) is 13.2 Å². The van der Waals surface area contributed by atoms with Crippen molar-refractivity contribution in [2.24, 2.45) is 0 Å². The monoisotopic (exact) mass is 404 g/mol. The molecule has 1 saturated heterocycles. The zero-order valence-electron chi connectivity index (χ0n) is 16.0. The number of carbonyl (C=O) groups excluding carboxylic acids is 1. The lowest BCUT2D eigenvalue weighted by Crippen LogP contribution is -2.48. The molecule has 1 aromatic carbocycles. The molecule has 0 N–H and O–H groups in total. The van der Waals surface area contributed by atoms with Crippen molar-refractivity contribution >= 4 is 15.9 Å². The Morgan fingerprint density at radius 1 is 1.11 bits per heavy atom. The van der Waals surface area contributed by atoms with Gasteiger partial charge in [0.05, 0.1) is 42.1 Å². The number of nitrogens with zero attached hydrogens (tertiary/aromatic N) is 4. The molecule has 1 amide bonds. The summed E-state index contributed by atoms with van der Waals surface area (Å²) in [7, 11) is -3.68. The average molecular weight is 404 g/mol. The second kappa shape index (κ2) is 9.65. The van der Waals surface area contributed by atoms with E-state index in [0.29, 0.717) is 5.56 Å². The standard InChI is InChI=1S/C19H24N4O4S/c1-15-13-23(14-16(2)27-15)28(25,26)18-7-5-17(6-8-18)19(24)22(11-3-9-20)12-4-10-21/h5-8,15-16H,3-4,11-14H2,1-2H3. The molecule has 0 aliphatic carbocycles. The summed E-state index contributed by atoms with van der Waals surface area (Å²) in [5, 5.41) is 17.5. The maximum atomic E-state index is 12.9. The molecule has 0 radical (unpaired) electrons. The van der Waals surface area contributed by atoms with E-state index < -0.39 is 10.0 Å². The highest BCUT2D eigenvalue weighted by molar-refractivity contribution is 7.89. The maximum Gasteiger partial charge on any atom is 0.253 e. The Kier molecular flexibility index (Phi) is 7.53. The van der Waals surface area contributed by atoms with Crippen molar-refractivity contribution in [3.63, 3.8) is 0 Å². The van der Waals surface area contributed by atoms with Crippen LogP contribution in [0.4, 0.5) is 0 Å². The van der Waals surface area contributed by atoms with E-state index in [2.05, 4.69) is 0 Å². The van der Waals surface area contributed by atoms with Crippen LogP contribution < -0.4 is 0 Å². The van der Waals surface area contributed by atoms with Crippen LogP contribution in [0.15, 0.2) is 29.2 Å². The Hall–Kier alpha value is -2.46. The lowest BCUT2D eigenvalue weighted by Gasteiger charge is -2.34. The molecule has 2 atom stereocenters. The molecule has 1 aliphatic rings. The van der Waals surface area contributed by atoms with Gasteiger partial charge in [-0.1, -0.05) is 0 Å². The van der Waals surface area contributed by atoms with Crippen molar-refractivity contribution < 1.29 is 17.9 Å². The van der Waals surface area contributed by atoms with Gasteiger partial charge in [-0.25, -0.2) is 8.42 Å². The van der Waals surface area contributed by atoms with E-state index in [1.54, 1.807) is 0 Å². The molecule has 1 heterocycles. The number of morpholine rings is 1. The quantitative estimate of drug-likeness (QED) is 0.684. The fourth-order valence-corrected chi connectivity index (χ4v) is 4.70. The molecule has 150 valence electrons. The minimum absolute atomic E-state index is 0.117. The number of amides is 1. The molecule has 8 nitrogen and oxygen atoms in total. The van der Waals surface area contributed by atoms with E-state index in [0.717, 1.165) is 0 Å². The van der Waals surface area contributed by atoms with Crippen LogP contribution in [0.5, 0.6) is 0 Å². The van der Waals surface area contributed by atoms with Crippen molar-refractivity contribution in [2.75, 3.05) is 26.2 Å². The fourth-order valence-electron chi connectivity index (χ4n) is 3.11. The molecule has 2 rings (SSSR count). The SMILES string of the molecule is CC1CN(S(=O)(=O)c2ccc(C(=O)N(CCC#N)CCC#N)cc2)CC(C)O1. The summed E-state index contributed by atoms with van der Waals surface area (Å²) in [6.07, 6.45) is -0.0463. The molecule has 0 bridgehead atoms. The van der Waals surface area contributed by atoms with Crippen molar-refractivity contribution in [3.05, 3.63) is 29.8 Å². The van der Waals surface area contributed by atoms with Gasteiger partial charge >= 0.3 is 0 Å². The molecule has 2 unspecified atom stereocenters. The molecule has 0 saturated carbocycles. The summed E-state index contributed by atoms with van der Waals surface area (Å²) in [6.45, 7) is 4.67. The highest BCUT2D eigenvalue weighted by atomic mass is 32.2. The van der Waals surface area contributed by atoms with Gasteiger partial charge in [-0.2, -0.15) is 14.8 Å². The number of sulfonamides is 1. The molecular weight excluding hydrogens is 380 g/mol. The minimum Gasteiger partial charge on any atom is -0.373 e. The normalized spacial score (nSPS) is 20.1. The van der Waals surface area contributed by atoms with Gasteiger partial charge < -0.3 is 9.64 Å². The average Bonchev–Trinajstić information content (AvgIpc) is 2.67. The van der Waals surface area contributed by atoms with E-state index in [4.69, 9.17) is 15.3 Å². The largest absolute Gasteiger partial charge is 0.373 e. The third-order valence-electron chi connectivity index (χ3n) is 4.40. The summed E-state index contributed by atoms with van der Waals surface area (Å²) < 4.78 is 32.7. The molecule has 0 aromatic heterocycles. The predicted molar refractivity (Wildman–Crippen MR) is 102 cm³/mol. The summed E-state index contributed by atoms with van der Waals surface area (Å²) in [5.74, 6) is -0.330. The highest BCUT2D eigenvalue weighted by Crippen LogP contribution is 2.22. The Labute approximate surface area is 166 Å². The summed E-state index contributed by atoms with van der Waals surface area (Å²) in [5.41, 5.74) is 0.318. The van der Waals surface area contributed by atoms with E-state index in [-0.39, 0.29) is 62.0 Å². The topological polar surface area (TPSA) is 115 Å². The Bertz CT molecular complexity index is 843. The molecule has 0 spiro atoms. The van der Waals surface area contributed by atoms with Gasteiger partial charge in [-0.15, -0.1) is 0 Å². The van der Waals surface area contributed by atoms with Gasteiger partial charge in [-0.05, 0) is 38.1 Å². The van der Waals surface area contributed by atoms with Crippen LogP contribution in [0, 0.1) is 22.7 Å². The first-order valence-electron chi connectivity index (χ1n) is 9.08. The van der Waals surface area contributed by atoms with Crippen LogP contribution in [0.1, 0.15) is 37.0 Å². The number of ether oxygens (including phenoxy) is 1. The van der Waals surface area contributed by atoms with Gasteiger partial charge in [0.2, 0.25) is 10.0 Å². The van der Waals surface area contributed by atoms with Gasteiger partial charge in [-0.3, -0.25) is 4.79 Å². The summed E-state index contributed by atoms with van der Waals surface area (Å²) in [4.78, 5) is 14.2. The molecule has 9 heteroatoms. The van der Waals surface area contributed by atoms with Crippen LogP contribution in [0.2, 0.25) is 0 Å². The number of hydrogen-bond donors (Lipinski definition) is 0. The predicted octanol–water partition coefficient (Wildman–Crippen LogP) is 1.75. The van der Waals surface area contributed by atoms with Crippen molar-refractivity contribution in [1.29, 1.82) is 10.5 Å². The maximum absolute atomic E-state index is 12.9. The molecule has 28 heavy (non-hydrogen) atoms. The van der Waals surface area contributed by atoms with Gasteiger partial charge in [0.15, 0.2) is 0 Å². The van der Waals surface area contributed by atoms with Crippen LogP contribution in [0.25, 0.3) is 0 Å². The van der Waals surface area contributed by atoms with E-state index in [1.807, 2.05) is 26.0 Å². The van der Waals surface area contributed by atoms with Crippen molar-refractivity contribution in [1.82, 2.24) is 9.21 Å². The first-order chi connectivity index (χ1) is 13.3.